The second-order valence-electron chi connectivity index (χ2n) is 11.8. The van der Waals surface area contributed by atoms with Crippen LogP contribution in [0.15, 0.2) is 36.4 Å². The monoisotopic (exact) mass is 562 g/mol. The van der Waals surface area contributed by atoms with Gasteiger partial charge in [-0.05, 0) is 51.0 Å². The minimum atomic E-state index is -2.33. The molecule has 224 valence electrons. The molecule has 0 saturated carbocycles. The summed E-state index contributed by atoms with van der Waals surface area (Å²) in [7, 11) is 0. The van der Waals surface area contributed by atoms with Crippen molar-refractivity contribution >= 4 is 29.8 Å². The number of aliphatic carboxylic acids is 1. The molecule has 11 heteroatoms. The summed E-state index contributed by atoms with van der Waals surface area (Å²) in [4.78, 5) is 51.6. The van der Waals surface area contributed by atoms with E-state index in [9.17, 15) is 29.5 Å². The Morgan fingerprint density at radius 3 is 2.08 bits per heavy atom. The lowest BCUT2D eigenvalue weighted by Crippen LogP contribution is -2.59. The third kappa shape index (κ3) is 11.8. The molecule has 3 amide bonds. The molecule has 6 N–H and O–H groups in total. The molecular weight excluding hydrogens is 516 g/mol. The number of amides is 3. The summed E-state index contributed by atoms with van der Waals surface area (Å²) < 4.78 is 5.51. The molecule has 0 unspecified atom stereocenters. The summed E-state index contributed by atoms with van der Waals surface area (Å²) in [5.41, 5.74) is 7.88. The summed E-state index contributed by atoms with van der Waals surface area (Å²) in [5, 5.41) is 20.2. The molecule has 3 atom stereocenters. The molecule has 0 aliphatic rings. The van der Waals surface area contributed by atoms with Crippen molar-refractivity contribution in [2.75, 3.05) is 6.54 Å². The quantitative estimate of drug-likeness (QED) is 0.130. The number of nitrogens with two attached hydrogens (primary N) is 1. The lowest BCUT2D eigenvalue weighted by molar-refractivity contribution is -0.189. The van der Waals surface area contributed by atoms with Crippen LogP contribution in [0.2, 0.25) is 0 Å². The minimum absolute atomic E-state index is 0.000911. The van der Waals surface area contributed by atoms with Crippen LogP contribution in [0.25, 0.3) is 6.08 Å². The average Bonchev–Trinajstić information content (AvgIpc) is 2.83. The van der Waals surface area contributed by atoms with Crippen LogP contribution in [-0.4, -0.2) is 56.9 Å². The maximum absolute atomic E-state index is 13.6. The van der Waals surface area contributed by atoms with Crippen LogP contribution < -0.4 is 16.6 Å². The molecule has 0 heterocycles. The molecule has 0 spiro atoms. The first-order valence-electron chi connectivity index (χ1n) is 13.5. The molecule has 0 aliphatic carbocycles. The Labute approximate surface area is 237 Å². The standard InChI is InChI=1S/C29H46N4O7/c1-19(2)16-23(22(26(36)32-39)15-11-14-21-12-9-8-10-13-21)25(35)31-33(18-20(3)4)24(34)17-29(30,27(37)38)40-28(5,6)7/h8-14,19-20,22-23,39H,15-18,30H2,1-7H3,(H,31,35)(H,32,36)(H,37,38)/t22-,23+,29-/m0/s1. The van der Waals surface area contributed by atoms with Gasteiger partial charge in [0.05, 0.1) is 23.9 Å². The van der Waals surface area contributed by atoms with E-state index in [0.29, 0.717) is 0 Å². The number of nitrogens with one attached hydrogen (secondary N) is 2. The fourth-order valence-electron chi connectivity index (χ4n) is 4.23. The van der Waals surface area contributed by atoms with E-state index in [1.54, 1.807) is 32.3 Å². The maximum atomic E-state index is 13.6. The van der Waals surface area contributed by atoms with Crippen molar-refractivity contribution in [1.82, 2.24) is 15.9 Å². The van der Waals surface area contributed by atoms with Gasteiger partial charge in [0.1, 0.15) is 0 Å². The van der Waals surface area contributed by atoms with Crippen molar-refractivity contribution in [3.8, 4) is 0 Å². The molecule has 0 bridgehead atoms. The van der Waals surface area contributed by atoms with E-state index in [-0.39, 0.29) is 31.2 Å². The zero-order chi connectivity index (χ0) is 30.7. The normalized spacial score (nSPS) is 15.0. The molecule has 1 rings (SSSR count). The lowest BCUT2D eigenvalue weighted by Gasteiger charge is -2.35. The number of hydrogen-bond acceptors (Lipinski definition) is 7. The largest absolute Gasteiger partial charge is 0.478 e. The third-order valence-corrected chi connectivity index (χ3v) is 5.85. The molecule has 1 aromatic rings. The number of carbonyl (C=O) groups excluding carboxylic acids is 3. The fourth-order valence-corrected chi connectivity index (χ4v) is 4.23. The Balaban J connectivity index is 3.28. The maximum Gasteiger partial charge on any atom is 0.351 e. The van der Waals surface area contributed by atoms with Crippen LogP contribution in [0.4, 0.5) is 0 Å². The first-order chi connectivity index (χ1) is 18.5. The van der Waals surface area contributed by atoms with Gasteiger partial charge in [0.25, 0.3) is 0 Å². The molecule has 0 aliphatic heterocycles. The highest BCUT2D eigenvalue weighted by Gasteiger charge is 2.43. The Hall–Kier alpha value is -3.28. The number of rotatable bonds is 14. The highest BCUT2D eigenvalue weighted by atomic mass is 16.6. The van der Waals surface area contributed by atoms with Crippen molar-refractivity contribution in [2.45, 2.75) is 79.1 Å². The first-order valence-corrected chi connectivity index (χ1v) is 13.5. The number of allylic oxidation sites excluding steroid dienone is 1. The number of nitrogens with zero attached hydrogens (tertiary/aromatic N) is 1. The van der Waals surface area contributed by atoms with Crippen molar-refractivity contribution in [3.63, 3.8) is 0 Å². The number of benzene rings is 1. The number of hydroxylamine groups is 1. The number of carboxylic acid groups (broad SMARTS) is 1. The van der Waals surface area contributed by atoms with Gasteiger partial charge >= 0.3 is 5.97 Å². The second-order valence-corrected chi connectivity index (χ2v) is 11.8. The fraction of sp³-hybridized carbons (Fsp3) is 0.586. The Morgan fingerprint density at radius 1 is 1.00 bits per heavy atom. The van der Waals surface area contributed by atoms with Crippen molar-refractivity contribution in [1.29, 1.82) is 0 Å². The predicted molar refractivity (Wildman–Crippen MR) is 151 cm³/mol. The SMILES string of the molecule is CC(C)C[C@@H](C(=O)NN(CC(C)C)C(=O)C[C@](N)(OC(C)(C)C)C(=O)O)[C@H](CC=Cc1ccccc1)C(=O)NO. The van der Waals surface area contributed by atoms with Gasteiger partial charge in [-0.2, -0.15) is 0 Å². The molecule has 1 aromatic carbocycles. The first kappa shape index (κ1) is 34.7. The molecular formula is C29H46N4O7. The summed E-state index contributed by atoms with van der Waals surface area (Å²) in [5.74, 6) is -5.58. The van der Waals surface area contributed by atoms with Crippen molar-refractivity contribution in [3.05, 3.63) is 42.0 Å². The van der Waals surface area contributed by atoms with E-state index in [2.05, 4.69) is 5.43 Å². The van der Waals surface area contributed by atoms with E-state index in [4.69, 9.17) is 10.5 Å². The predicted octanol–water partition coefficient (Wildman–Crippen LogP) is 3.33. The Morgan fingerprint density at radius 2 is 1.60 bits per heavy atom. The summed E-state index contributed by atoms with van der Waals surface area (Å²) in [6.45, 7) is 12.4. The smallest absolute Gasteiger partial charge is 0.351 e. The van der Waals surface area contributed by atoms with E-state index in [1.165, 1.54) is 0 Å². The van der Waals surface area contributed by atoms with Crippen molar-refractivity contribution in [2.24, 2.45) is 29.4 Å². The topological polar surface area (TPSA) is 171 Å². The van der Waals surface area contributed by atoms with Gasteiger partial charge in [-0.1, -0.05) is 70.2 Å². The van der Waals surface area contributed by atoms with E-state index in [0.717, 1.165) is 10.6 Å². The van der Waals surface area contributed by atoms with E-state index < -0.39 is 53.3 Å². The van der Waals surface area contributed by atoms with E-state index in [1.807, 2.05) is 64.1 Å². The van der Waals surface area contributed by atoms with Gasteiger partial charge in [0, 0.05) is 6.54 Å². The molecule has 0 saturated heterocycles. The summed E-state index contributed by atoms with van der Waals surface area (Å²) in [6.07, 6.45) is 3.27. The van der Waals surface area contributed by atoms with Gasteiger partial charge < -0.3 is 9.84 Å². The number of ether oxygens (including phenoxy) is 1. The molecule has 0 fully saturated rings. The van der Waals surface area contributed by atoms with Gasteiger partial charge in [-0.15, -0.1) is 0 Å². The third-order valence-electron chi connectivity index (χ3n) is 5.85. The summed E-state index contributed by atoms with van der Waals surface area (Å²) in [6, 6.07) is 9.42. The average molecular weight is 563 g/mol. The van der Waals surface area contributed by atoms with Gasteiger partial charge in [-0.25, -0.2) is 10.3 Å². The van der Waals surface area contributed by atoms with Crippen LogP contribution in [-0.2, 0) is 23.9 Å². The highest BCUT2D eigenvalue weighted by molar-refractivity contribution is 5.90. The number of hydrogen-bond donors (Lipinski definition) is 5. The Kier molecular flexibility index (Phi) is 13.5. The number of carbonyl (C=O) groups is 4. The van der Waals surface area contributed by atoms with Crippen LogP contribution in [0.1, 0.15) is 73.3 Å². The Bertz CT molecular complexity index is 1020. The molecule has 0 radical (unpaired) electrons. The van der Waals surface area contributed by atoms with E-state index >= 15 is 0 Å². The van der Waals surface area contributed by atoms with Crippen LogP contribution in [0.5, 0.6) is 0 Å². The highest BCUT2D eigenvalue weighted by Crippen LogP contribution is 2.26. The molecule has 0 aromatic heterocycles. The van der Waals surface area contributed by atoms with Gasteiger partial charge in [0.2, 0.25) is 23.4 Å². The molecule has 11 nitrogen and oxygen atoms in total. The van der Waals surface area contributed by atoms with Crippen molar-refractivity contribution < 1.29 is 34.2 Å². The molecule has 40 heavy (non-hydrogen) atoms. The van der Waals surface area contributed by atoms with Crippen LogP contribution in [0, 0.1) is 23.7 Å². The van der Waals surface area contributed by atoms with Gasteiger partial charge in [-0.3, -0.25) is 35.8 Å². The van der Waals surface area contributed by atoms with Crippen LogP contribution >= 0.6 is 0 Å². The number of hydrazine groups is 1. The minimum Gasteiger partial charge on any atom is -0.478 e. The van der Waals surface area contributed by atoms with Crippen LogP contribution in [0.3, 0.4) is 0 Å². The zero-order valence-corrected chi connectivity index (χ0v) is 24.6. The lowest BCUT2D eigenvalue weighted by atomic mass is 9.82. The second kappa shape index (κ2) is 15.5. The van der Waals surface area contributed by atoms with Gasteiger partial charge in [0.15, 0.2) is 0 Å². The number of carboxylic acids is 1. The summed E-state index contributed by atoms with van der Waals surface area (Å²) >= 11 is 0. The zero-order valence-electron chi connectivity index (χ0n) is 24.6.